The van der Waals surface area contributed by atoms with Crippen LogP contribution in [0.3, 0.4) is 0 Å². The van der Waals surface area contributed by atoms with Crippen LogP contribution < -0.4 is 0 Å². The van der Waals surface area contributed by atoms with Crippen molar-refractivity contribution in [3.63, 3.8) is 0 Å². The van der Waals surface area contributed by atoms with Gasteiger partial charge in [-0.15, -0.1) is 0 Å². The van der Waals surface area contributed by atoms with Crippen molar-refractivity contribution in [2.75, 3.05) is 0 Å². The first-order valence-corrected chi connectivity index (χ1v) is 4.38. The topological polar surface area (TPSA) is 17.1 Å². The molecule has 1 fully saturated rings. The lowest BCUT2D eigenvalue weighted by molar-refractivity contribution is 0.0962. The quantitative estimate of drug-likeness (QED) is 0.607. The molecule has 1 aromatic carbocycles. The van der Waals surface area contributed by atoms with E-state index in [1.807, 2.05) is 30.3 Å². The smallest absolute Gasteiger partial charge is 0.166 e. The summed E-state index contributed by atoms with van der Waals surface area (Å²) in [5.41, 5.74) is 0.867. The second-order valence-electron chi connectivity index (χ2n) is 3.55. The molecule has 0 heterocycles. The van der Waals surface area contributed by atoms with E-state index in [0.717, 1.165) is 12.0 Å². The third-order valence-electron chi connectivity index (χ3n) is 2.50. The molecule has 1 aliphatic rings. The fourth-order valence-electron chi connectivity index (χ4n) is 1.50. The highest BCUT2D eigenvalue weighted by molar-refractivity contribution is 5.99. The molecule has 0 bridgehead atoms. The Kier molecular flexibility index (Phi) is 1.72. The van der Waals surface area contributed by atoms with Crippen LogP contribution in [0.4, 0.5) is 0 Å². The molecule has 1 aliphatic carbocycles. The normalized spacial score (nSPS) is 26.8. The summed E-state index contributed by atoms with van der Waals surface area (Å²) in [5, 5.41) is 0. The van der Waals surface area contributed by atoms with Crippen LogP contribution in [0.1, 0.15) is 23.7 Å². The molecule has 0 aliphatic heterocycles. The molecule has 2 atom stereocenters. The average Bonchev–Trinajstić information content (AvgIpc) is 2.83. The molecule has 0 amide bonds. The van der Waals surface area contributed by atoms with Crippen molar-refractivity contribution in [2.45, 2.75) is 13.3 Å². The molecule has 1 heteroatoms. The first-order chi connectivity index (χ1) is 5.79. The highest BCUT2D eigenvalue weighted by Gasteiger charge is 2.39. The van der Waals surface area contributed by atoms with Crippen LogP contribution in [0.5, 0.6) is 0 Å². The largest absolute Gasteiger partial charge is 0.294 e. The molecule has 0 spiro atoms. The Hall–Kier alpha value is -1.11. The van der Waals surface area contributed by atoms with Gasteiger partial charge in [0.1, 0.15) is 0 Å². The van der Waals surface area contributed by atoms with Crippen LogP contribution >= 0.6 is 0 Å². The molecule has 1 aromatic rings. The molecule has 0 radical (unpaired) electrons. The Balaban J connectivity index is 2.16. The van der Waals surface area contributed by atoms with Gasteiger partial charge in [-0.05, 0) is 12.3 Å². The monoisotopic (exact) mass is 160 g/mol. The van der Waals surface area contributed by atoms with Gasteiger partial charge in [-0.2, -0.15) is 0 Å². The van der Waals surface area contributed by atoms with E-state index in [1.165, 1.54) is 0 Å². The van der Waals surface area contributed by atoms with Gasteiger partial charge in [-0.3, -0.25) is 4.79 Å². The molecule has 1 nitrogen and oxygen atoms in total. The van der Waals surface area contributed by atoms with Crippen molar-refractivity contribution in [3.8, 4) is 0 Å². The Morgan fingerprint density at radius 3 is 2.42 bits per heavy atom. The summed E-state index contributed by atoms with van der Waals surface area (Å²) in [4.78, 5) is 11.6. The van der Waals surface area contributed by atoms with E-state index in [-0.39, 0.29) is 0 Å². The van der Waals surface area contributed by atoms with Crippen LogP contribution in [-0.2, 0) is 0 Å². The number of carbonyl (C=O) groups is 1. The van der Waals surface area contributed by atoms with Gasteiger partial charge >= 0.3 is 0 Å². The molecule has 2 rings (SSSR count). The van der Waals surface area contributed by atoms with Crippen LogP contribution in [0, 0.1) is 11.8 Å². The van der Waals surface area contributed by atoms with E-state index < -0.39 is 0 Å². The van der Waals surface area contributed by atoms with Crippen molar-refractivity contribution in [1.29, 1.82) is 0 Å². The molecule has 0 saturated heterocycles. The van der Waals surface area contributed by atoms with Crippen molar-refractivity contribution >= 4 is 5.78 Å². The Morgan fingerprint density at radius 1 is 1.33 bits per heavy atom. The highest BCUT2D eigenvalue weighted by atomic mass is 16.1. The molecular weight excluding hydrogens is 148 g/mol. The molecule has 0 aromatic heterocycles. The number of hydrogen-bond acceptors (Lipinski definition) is 1. The molecule has 2 unspecified atom stereocenters. The van der Waals surface area contributed by atoms with E-state index in [0.29, 0.717) is 17.6 Å². The van der Waals surface area contributed by atoms with Crippen LogP contribution in [0.25, 0.3) is 0 Å². The second-order valence-corrected chi connectivity index (χ2v) is 3.55. The zero-order valence-corrected chi connectivity index (χ0v) is 7.16. The number of rotatable bonds is 2. The number of carbonyl (C=O) groups excluding carboxylic acids is 1. The predicted octanol–water partition coefficient (Wildman–Crippen LogP) is 2.53. The van der Waals surface area contributed by atoms with Crippen molar-refractivity contribution in [3.05, 3.63) is 35.9 Å². The summed E-state index contributed by atoms with van der Waals surface area (Å²) in [6.07, 6.45) is 1.08. The summed E-state index contributed by atoms with van der Waals surface area (Å²) in [7, 11) is 0. The zero-order chi connectivity index (χ0) is 8.55. The molecule has 62 valence electrons. The zero-order valence-electron chi connectivity index (χ0n) is 7.16. The summed E-state index contributed by atoms with van der Waals surface area (Å²) >= 11 is 0. The highest BCUT2D eigenvalue weighted by Crippen LogP contribution is 2.40. The summed E-state index contributed by atoms with van der Waals surface area (Å²) < 4.78 is 0. The van der Waals surface area contributed by atoms with Gasteiger partial charge < -0.3 is 0 Å². The lowest BCUT2D eigenvalue weighted by Gasteiger charge is -1.96. The second kappa shape index (κ2) is 2.74. The van der Waals surface area contributed by atoms with Crippen molar-refractivity contribution in [2.24, 2.45) is 11.8 Å². The van der Waals surface area contributed by atoms with Crippen LogP contribution in [0.15, 0.2) is 30.3 Å². The van der Waals surface area contributed by atoms with E-state index >= 15 is 0 Å². The van der Waals surface area contributed by atoms with Crippen LogP contribution in [-0.4, -0.2) is 5.78 Å². The maximum atomic E-state index is 11.6. The number of ketones is 1. The summed E-state index contributed by atoms with van der Waals surface area (Å²) in [6, 6.07) is 9.56. The Bertz CT molecular complexity index is 289. The fraction of sp³-hybridized carbons (Fsp3) is 0.364. The average molecular weight is 160 g/mol. The molecular formula is C11H12O. The van der Waals surface area contributed by atoms with Gasteiger partial charge in [0.2, 0.25) is 0 Å². The SMILES string of the molecule is CC1CC1C(=O)c1ccccc1. The van der Waals surface area contributed by atoms with E-state index in [9.17, 15) is 4.79 Å². The number of hydrogen-bond donors (Lipinski definition) is 0. The Morgan fingerprint density at radius 2 is 1.92 bits per heavy atom. The van der Waals surface area contributed by atoms with Crippen molar-refractivity contribution in [1.82, 2.24) is 0 Å². The standard InChI is InChI=1S/C11H12O/c1-8-7-10(8)11(12)9-5-3-2-4-6-9/h2-6,8,10H,7H2,1H3. The lowest BCUT2D eigenvalue weighted by atomic mass is 10.1. The van der Waals surface area contributed by atoms with E-state index in [1.54, 1.807) is 0 Å². The van der Waals surface area contributed by atoms with Gasteiger partial charge in [0.15, 0.2) is 5.78 Å². The molecule has 12 heavy (non-hydrogen) atoms. The van der Waals surface area contributed by atoms with E-state index in [4.69, 9.17) is 0 Å². The number of Topliss-reactive ketones (excluding diaryl/α,β-unsaturated/α-hetero) is 1. The predicted molar refractivity (Wildman–Crippen MR) is 48.0 cm³/mol. The third kappa shape index (κ3) is 1.27. The summed E-state index contributed by atoms with van der Waals surface area (Å²) in [6.45, 7) is 2.13. The fourth-order valence-corrected chi connectivity index (χ4v) is 1.50. The maximum Gasteiger partial charge on any atom is 0.166 e. The van der Waals surface area contributed by atoms with Crippen LogP contribution in [0.2, 0.25) is 0 Å². The van der Waals surface area contributed by atoms with Gasteiger partial charge in [0.25, 0.3) is 0 Å². The van der Waals surface area contributed by atoms with Gasteiger partial charge in [-0.25, -0.2) is 0 Å². The summed E-state index contributed by atoms with van der Waals surface area (Å²) in [5.74, 6) is 1.24. The van der Waals surface area contributed by atoms with Gasteiger partial charge in [0.05, 0.1) is 0 Å². The maximum absolute atomic E-state index is 11.6. The third-order valence-corrected chi connectivity index (χ3v) is 2.50. The number of benzene rings is 1. The first kappa shape index (κ1) is 7.53. The van der Waals surface area contributed by atoms with Gasteiger partial charge in [-0.1, -0.05) is 37.3 Å². The van der Waals surface area contributed by atoms with Crippen molar-refractivity contribution < 1.29 is 4.79 Å². The van der Waals surface area contributed by atoms with E-state index in [2.05, 4.69) is 6.92 Å². The minimum absolute atomic E-state index is 0.312. The lowest BCUT2D eigenvalue weighted by Crippen LogP contribution is -2.01. The molecule has 0 N–H and O–H groups in total. The minimum atomic E-state index is 0.312. The Labute approximate surface area is 72.4 Å². The minimum Gasteiger partial charge on any atom is -0.294 e. The van der Waals surface area contributed by atoms with Gasteiger partial charge in [0, 0.05) is 11.5 Å². The molecule has 1 saturated carbocycles. The first-order valence-electron chi connectivity index (χ1n) is 4.38.